The van der Waals surface area contributed by atoms with Crippen LogP contribution in [0, 0.1) is 13.8 Å². The zero-order chi connectivity index (χ0) is 26.3. The molecule has 0 aliphatic carbocycles. The standard InChI is InChI=1S/C27H26N8O2S/c1-19-16-22(35-18-28-31-32-35)17-20(2)26(19)38(36,37)34-14-12-33(13-15-34)27-25(21-8-4-3-5-9-21)29-23-10-6-7-11-24(23)30-27/h3-11,16-18H,12-15H2,1-2H3. The van der Waals surface area contributed by atoms with Crippen molar-refractivity contribution in [2.45, 2.75) is 18.7 Å². The first-order valence-corrected chi connectivity index (χ1v) is 13.8. The smallest absolute Gasteiger partial charge is 0.243 e. The van der Waals surface area contributed by atoms with Crippen molar-refractivity contribution < 1.29 is 8.42 Å². The molecule has 192 valence electrons. The third-order valence-corrected chi connectivity index (χ3v) is 9.00. The number of para-hydroxylation sites is 2. The number of anilines is 1. The lowest BCUT2D eigenvalue weighted by Gasteiger charge is -2.36. The van der Waals surface area contributed by atoms with E-state index in [0.29, 0.717) is 42.2 Å². The van der Waals surface area contributed by atoms with Gasteiger partial charge in [-0.3, -0.25) is 0 Å². The summed E-state index contributed by atoms with van der Waals surface area (Å²) in [6, 6.07) is 21.4. The highest BCUT2D eigenvalue weighted by molar-refractivity contribution is 7.89. The normalized spacial score (nSPS) is 14.7. The fraction of sp³-hybridized carbons (Fsp3) is 0.222. The number of aryl methyl sites for hydroxylation is 2. The molecule has 11 heteroatoms. The van der Waals surface area contributed by atoms with Gasteiger partial charge in [-0.1, -0.05) is 42.5 Å². The predicted molar refractivity (Wildman–Crippen MR) is 145 cm³/mol. The lowest BCUT2D eigenvalue weighted by atomic mass is 10.1. The van der Waals surface area contributed by atoms with Gasteiger partial charge in [0.05, 0.1) is 21.6 Å². The van der Waals surface area contributed by atoms with E-state index in [2.05, 4.69) is 20.4 Å². The van der Waals surface area contributed by atoms with Crippen LogP contribution in [0.4, 0.5) is 5.82 Å². The van der Waals surface area contributed by atoms with Gasteiger partial charge in [0.1, 0.15) is 12.0 Å². The zero-order valence-corrected chi connectivity index (χ0v) is 21.9. The quantitative estimate of drug-likeness (QED) is 0.343. The number of nitrogens with zero attached hydrogens (tertiary/aromatic N) is 8. The van der Waals surface area contributed by atoms with Crippen LogP contribution in [-0.4, -0.2) is 69.1 Å². The average Bonchev–Trinajstić information content (AvgIpc) is 3.48. The lowest BCUT2D eigenvalue weighted by molar-refractivity contribution is 0.383. The first-order chi connectivity index (χ1) is 18.4. The summed E-state index contributed by atoms with van der Waals surface area (Å²) in [5.74, 6) is 0.769. The molecule has 6 rings (SSSR count). The fourth-order valence-electron chi connectivity index (χ4n) is 5.02. The summed E-state index contributed by atoms with van der Waals surface area (Å²) in [5, 5.41) is 11.3. The predicted octanol–water partition coefficient (Wildman–Crippen LogP) is 3.40. The van der Waals surface area contributed by atoms with Gasteiger partial charge in [0.15, 0.2) is 5.82 Å². The molecule has 2 aromatic heterocycles. The van der Waals surface area contributed by atoms with Crippen molar-refractivity contribution in [2.75, 3.05) is 31.1 Å². The molecule has 3 heterocycles. The second-order valence-electron chi connectivity index (χ2n) is 9.30. The van der Waals surface area contributed by atoms with Gasteiger partial charge in [-0.2, -0.15) is 4.31 Å². The van der Waals surface area contributed by atoms with Crippen LogP contribution in [0.3, 0.4) is 0 Å². The first-order valence-electron chi connectivity index (χ1n) is 12.3. The number of hydrogen-bond acceptors (Lipinski definition) is 8. The maximum absolute atomic E-state index is 13.8. The Balaban J connectivity index is 1.29. The molecule has 1 saturated heterocycles. The van der Waals surface area contributed by atoms with Crippen LogP contribution in [0.1, 0.15) is 11.1 Å². The molecule has 1 fully saturated rings. The molecule has 1 aliphatic rings. The monoisotopic (exact) mass is 526 g/mol. The van der Waals surface area contributed by atoms with Gasteiger partial charge >= 0.3 is 0 Å². The number of aromatic nitrogens is 6. The van der Waals surface area contributed by atoms with Crippen LogP contribution in [0.2, 0.25) is 0 Å². The maximum atomic E-state index is 13.8. The van der Waals surface area contributed by atoms with Crippen molar-refractivity contribution >= 4 is 26.9 Å². The molecule has 0 saturated carbocycles. The highest BCUT2D eigenvalue weighted by atomic mass is 32.2. The average molecular weight is 527 g/mol. The highest BCUT2D eigenvalue weighted by Gasteiger charge is 2.32. The van der Waals surface area contributed by atoms with E-state index < -0.39 is 10.0 Å². The van der Waals surface area contributed by atoms with Gasteiger partial charge in [-0.15, -0.1) is 5.10 Å². The van der Waals surface area contributed by atoms with Gasteiger partial charge in [0, 0.05) is 31.7 Å². The number of benzene rings is 3. The van der Waals surface area contributed by atoms with E-state index in [-0.39, 0.29) is 0 Å². The van der Waals surface area contributed by atoms with Crippen molar-refractivity contribution in [3.63, 3.8) is 0 Å². The fourth-order valence-corrected chi connectivity index (χ4v) is 6.85. The van der Waals surface area contributed by atoms with E-state index in [1.807, 2.05) is 54.6 Å². The largest absolute Gasteiger partial charge is 0.352 e. The number of hydrogen-bond donors (Lipinski definition) is 0. The molecule has 0 atom stereocenters. The van der Waals surface area contributed by atoms with Crippen molar-refractivity contribution in [3.8, 4) is 16.9 Å². The second-order valence-corrected chi connectivity index (χ2v) is 11.2. The number of rotatable bonds is 5. The van der Waals surface area contributed by atoms with Gasteiger partial charge in [-0.25, -0.2) is 23.1 Å². The van der Waals surface area contributed by atoms with Gasteiger partial charge < -0.3 is 4.90 Å². The van der Waals surface area contributed by atoms with Crippen LogP contribution >= 0.6 is 0 Å². The second kappa shape index (κ2) is 9.58. The van der Waals surface area contributed by atoms with E-state index in [1.54, 1.807) is 30.3 Å². The third-order valence-electron chi connectivity index (χ3n) is 6.79. The molecule has 38 heavy (non-hydrogen) atoms. The van der Waals surface area contributed by atoms with E-state index in [0.717, 1.165) is 33.8 Å². The number of fused-ring (bicyclic) bond motifs is 1. The van der Waals surface area contributed by atoms with E-state index in [4.69, 9.17) is 9.97 Å². The molecule has 3 aromatic carbocycles. The Morgan fingerprint density at radius 3 is 2.05 bits per heavy atom. The molecule has 0 spiro atoms. The minimum absolute atomic E-state index is 0.332. The Bertz CT molecular complexity index is 1690. The molecule has 0 amide bonds. The van der Waals surface area contributed by atoms with E-state index in [1.165, 1.54) is 11.0 Å². The van der Waals surface area contributed by atoms with E-state index >= 15 is 0 Å². The van der Waals surface area contributed by atoms with Crippen molar-refractivity contribution in [1.82, 2.24) is 34.5 Å². The third kappa shape index (κ3) is 4.29. The SMILES string of the molecule is Cc1cc(-n2cnnn2)cc(C)c1S(=O)(=O)N1CCN(c2nc3ccccc3nc2-c2ccccc2)CC1. The molecular formula is C27H26N8O2S. The van der Waals surface area contributed by atoms with Gasteiger partial charge in [0.2, 0.25) is 10.0 Å². The molecule has 0 bridgehead atoms. The van der Waals surface area contributed by atoms with E-state index in [9.17, 15) is 8.42 Å². The maximum Gasteiger partial charge on any atom is 0.243 e. The van der Waals surface area contributed by atoms with Gasteiger partial charge in [0.25, 0.3) is 0 Å². The highest BCUT2D eigenvalue weighted by Crippen LogP contribution is 2.32. The van der Waals surface area contributed by atoms with Crippen molar-refractivity contribution in [2.24, 2.45) is 0 Å². The Hall–Kier alpha value is -4.22. The number of tetrazole rings is 1. The molecule has 0 N–H and O–H groups in total. The lowest BCUT2D eigenvalue weighted by Crippen LogP contribution is -2.49. The number of piperazine rings is 1. The molecule has 10 nitrogen and oxygen atoms in total. The Morgan fingerprint density at radius 2 is 1.42 bits per heavy atom. The van der Waals surface area contributed by atoms with Crippen LogP contribution in [0.15, 0.2) is 78.0 Å². The van der Waals surface area contributed by atoms with Crippen LogP contribution in [-0.2, 0) is 10.0 Å². The zero-order valence-electron chi connectivity index (χ0n) is 21.1. The Kier molecular flexibility index (Phi) is 6.09. The summed E-state index contributed by atoms with van der Waals surface area (Å²) in [7, 11) is -3.70. The molecular weight excluding hydrogens is 500 g/mol. The van der Waals surface area contributed by atoms with Gasteiger partial charge in [-0.05, 0) is 59.7 Å². The topological polar surface area (TPSA) is 110 Å². The minimum Gasteiger partial charge on any atom is -0.352 e. The first kappa shape index (κ1) is 24.1. The van der Waals surface area contributed by atoms with Crippen molar-refractivity contribution in [3.05, 3.63) is 84.2 Å². The minimum atomic E-state index is -3.70. The summed E-state index contributed by atoms with van der Waals surface area (Å²) >= 11 is 0. The Morgan fingerprint density at radius 1 is 0.789 bits per heavy atom. The van der Waals surface area contributed by atoms with Crippen LogP contribution < -0.4 is 4.90 Å². The van der Waals surface area contributed by atoms with Crippen molar-refractivity contribution in [1.29, 1.82) is 0 Å². The Labute approximate surface area is 220 Å². The molecule has 1 aliphatic heterocycles. The summed E-state index contributed by atoms with van der Waals surface area (Å²) in [6.45, 7) is 5.32. The summed E-state index contributed by atoms with van der Waals surface area (Å²) in [4.78, 5) is 12.4. The van der Waals surface area contributed by atoms with Crippen LogP contribution in [0.25, 0.3) is 28.0 Å². The summed E-state index contributed by atoms with van der Waals surface area (Å²) in [6.07, 6.45) is 1.49. The molecule has 0 unspecified atom stereocenters. The molecule has 5 aromatic rings. The van der Waals surface area contributed by atoms with Crippen LogP contribution in [0.5, 0.6) is 0 Å². The summed E-state index contributed by atoms with van der Waals surface area (Å²) in [5.41, 5.74) is 5.44. The number of sulfonamides is 1. The molecule has 0 radical (unpaired) electrons. The summed E-state index contributed by atoms with van der Waals surface area (Å²) < 4.78 is 30.6.